The first-order valence-corrected chi connectivity index (χ1v) is 29.2. The number of benzene rings is 2. The van der Waals surface area contributed by atoms with Crippen molar-refractivity contribution in [3.63, 3.8) is 0 Å². The smallest absolute Gasteiger partial charge is 0.330 e. The quantitative estimate of drug-likeness (QED) is 0.0138. The van der Waals surface area contributed by atoms with Crippen molar-refractivity contribution in [2.24, 2.45) is 40.6 Å². The number of rotatable bonds is 26. The van der Waals surface area contributed by atoms with Crippen LogP contribution in [0, 0.1) is 35.5 Å². The molecule has 4 aliphatic carbocycles. The molecular weight excluding hydrogens is 1050 g/mol. The molecule has 4 fully saturated rings. The fourth-order valence-corrected chi connectivity index (χ4v) is 11.5. The number of para-hydroxylation sites is 1. The van der Waals surface area contributed by atoms with Crippen LogP contribution in [0.2, 0.25) is 0 Å². The summed E-state index contributed by atoms with van der Waals surface area (Å²) in [7, 11) is 0. The molecule has 2 aromatic carbocycles. The van der Waals surface area contributed by atoms with Crippen LogP contribution in [-0.2, 0) is 66.8 Å². The van der Waals surface area contributed by atoms with Crippen molar-refractivity contribution >= 4 is 80.7 Å². The van der Waals surface area contributed by atoms with Gasteiger partial charge < -0.3 is 37.9 Å². The fourth-order valence-electron chi connectivity index (χ4n) is 10.5. The monoisotopic (exact) mass is 1130 g/mol. The Morgan fingerprint density at radius 3 is 1.44 bits per heavy atom. The number of fused-ring (bicyclic) bond motifs is 1. The highest BCUT2D eigenvalue weighted by atomic mass is 32.1. The molecule has 0 radical (unpaired) electrons. The van der Waals surface area contributed by atoms with Gasteiger partial charge in [0.25, 0.3) is 0 Å². The van der Waals surface area contributed by atoms with Crippen molar-refractivity contribution < 1.29 is 76.3 Å². The molecule has 1 aromatic heterocycles. The third-order valence-electron chi connectivity index (χ3n) is 15.3. The summed E-state index contributed by atoms with van der Waals surface area (Å²) >= 11 is 1.49. The lowest BCUT2D eigenvalue weighted by molar-refractivity contribution is -0.161. The van der Waals surface area contributed by atoms with Crippen molar-refractivity contribution in [3.05, 3.63) is 73.3 Å². The average Bonchev–Trinajstić information content (AvgIpc) is 3.92. The molecule has 0 aliphatic heterocycles. The van der Waals surface area contributed by atoms with Crippen molar-refractivity contribution in [3.8, 4) is 11.5 Å². The van der Waals surface area contributed by atoms with Crippen LogP contribution in [0.4, 0.5) is 5.13 Å². The third-order valence-corrected chi connectivity index (χ3v) is 16.4. The number of esters is 8. The number of aromatic nitrogens is 1. The predicted octanol–water partition coefficient (Wildman–Crippen LogP) is 9.89. The molecule has 0 N–H and O–H groups in total. The molecule has 1 heterocycles. The van der Waals surface area contributed by atoms with Gasteiger partial charge in [0.15, 0.2) is 0 Å². The number of carbonyl (C=O) groups is 8. The minimum absolute atomic E-state index is 0.219. The van der Waals surface area contributed by atoms with E-state index in [9.17, 15) is 38.4 Å². The van der Waals surface area contributed by atoms with Gasteiger partial charge in [0.2, 0.25) is 5.13 Å². The summed E-state index contributed by atoms with van der Waals surface area (Å²) in [5.41, 5.74) is 1.23. The van der Waals surface area contributed by atoms with E-state index in [4.69, 9.17) is 48.0 Å². The Hall–Kier alpha value is -6.96. The lowest BCUT2D eigenvalue weighted by atomic mass is 9.82. The van der Waals surface area contributed by atoms with Gasteiger partial charge in [-0.3, -0.25) is 28.8 Å². The first kappa shape index (κ1) is 60.7. The molecule has 0 spiro atoms. The first-order valence-electron chi connectivity index (χ1n) is 28.4. The highest BCUT2D eigenvalue weighted by molar-refractivity contribution is 7.22. The summed E-state index contributed by atoms with van der Waals surface area (Å²) in [5, 5.41) is 7.15. The second-order valence-corrected chi connectivity index (χ2v) is 21.9. The largest absolute Gasteiger partial charge is 0.465 e. The van der Waals surface area contributed by atoms with Gasteiger partial charge in [0.1, 0.15) is 23.7 Å². The number of thiazole rings is 1. The Morgan fingerprint density at radius 2 is 0.975 bits per heavy atom. The van der Waals surface area contributed by atoms with Crippen LogP contribution in [0.15, 0.2) is 72.9 Å². The molecule has 0 bridgehead atoms. The number of anilines is 1. The SMILES string of the molecule is C=CC(=O)OCCCCOC(=O)C1CCC(OC(=O)C2CCC(C(=O)Oc3ccc(OC(=O)C4CCC(C(=O)OC5CCC(C(=O)OCCCCOC(=O)C=C)CC5)CC4)c(/C=N/N(CC)c4nc5ccccc5s4)c3)CC2)CC1. The number of hydrogen-bond donors (Lipinski definition) is 0. The van der Waals surface area contributed by atoms with Crippen LogP contribution in [0.3, 0.4) is 0 Å². The number of carbonyl (C=O) groups excluding carboxylic acids is 8. The van der Waals surface area contributed by atoms with E-state index in [1.165, 1.54) is 11.3 Å². The van der Waals surface area contributed by atoms with E-state index in [-0.39, 0.29) is 97.7 Å². The lowest BCUT2D eigenvalue weighted by Crippen LogP contribution is -2.33. The van der Waals surface area contributed by atoms with E-state index in [1.54, 1.807) is 29.4 Å². The number of nitrogens with zero attached hydrogens (tertiary/aromatic N) is 3. The number of hydrazone groups is 1. The highest BCUT2D eigenvalue weighted by Crippen LogP contribution is 2.37. The molecule has 4 aliphatic rings. The zero-order valence-electron chi connectivity index (χ0n) is 45.8. The Morgan fingerprint density at radius 1 is 0.550 bits per heavy atom. The van der Waals surface area contributed by atoms with Gasteiger partial charge in [0, 0.05) is 24.3 Å². The van der Waals surface area contributed by atoms with Crippen LogP contribution < -0.4 is 14.5 Å². The molecular formula is C60H75N3O16S. The minimum atomic E-state index is -0.487. The van der Waals surface area contributed by atoms with Gasteiger partial charge in [-0.15, -0.1) is 0 Å². The van der Waals surface area contributed by atoms with Crippen LogP contribution >= 0.6 is 11.3 Å². The maximum Gasteiger partial charge on any atom is 0.330 e. The number of ether oxygens (including phenoxy) is 8. The van der Waals surface area contributed by atoms with Crippen LogP contribution in [0.25, 0.3) is 10.2 Å². The Bertz CT molecular complexity index is 2620. The Balaban J connectivity index is 0.866. The summed E-state index contributed by atoms with van der Waals surface area (Å²) in [4.78, 5) is 106. The van der Waals surface area contributed by atoms with Crippen LogP contribution in [-0.4, -0.2) is 104 Å². The predicted molar refractivity (Wildman–Crippen MR) is 295 cm³/mol. The van der Waals surface area contributed by atoms with E-state index < -0.39 is 35.7 Å². The molecule has 0 unspecified atom stereocenters. The van der Waals surface area contributed by atoms with Crippen LogP contribution in [0.5, 0.6) is 11.5 Å². The Labute approximate surface area is 471 Å². The standard InChI is InChI=1S/C60H75N3O16S/c1-4-52(64)72-33-9-11-35-74-54(66)39-23-27-46(28-24-39)76-56(68)41-15-17-43(18-16-41)58(70)78-48-31-32-50(45(37-48)38-61-63(6-3)60-62-49-13-7-8-14-51(49)80-60)79-59(71)44-21-19-42(20-22-44)57(69)77-47-29-25-40(26-30-47)55(67)75-36-12-10-34-73-53(65)5-2/h4-5,7-8,13-14,31-32,37-44,46-47H,1-2,6,9-12,15-30,33-36H2,3H3/b61-38+. The lowest BCUT2D eigenvalue weighted by Gasteiger charge is -2.30. The molecule has 0 saturated heterocycles. The third kappa shape index (κ3) is 18.3. The normalized spacial score (nSPS) is 22.9. The topological polar surface area (TPSA) is 239 Å². The first-order chi connectivity index (χ1) is 38.8. The molecule has 7 rings (SSSR count). The van der Waals surface area contributed by atoms with Gasteiger partial charge >= 0.3 is 47.8 Å². The molecule has 19 nitrogen and oxygen atoms in total. The summed E-state index contributed by atoms with van der Waals surface area (Å²) in [6.45, 7) is 10.1. The van der Waals surface area contributed by atoms with Gasteiger partial charge in [-0.05, 0) is 166 Å². The summed E-state index contributed by atoms with van der Waals surface area (Å²) in [6, 6.07) is 12.6. The van der Waals surface area contributed by atoms with Gasteiger partial charge in [-0.1, -0.05) is 36.6 Å². The van der Waals surface area contributed by atoms with E-state index in [2.05, 4.69) is 13.2 Å². The van der Waals surface area contributed by atoms with Crippen molar-refractivity contribution in [1.82, 2.24) is 4.98 Å². The second kappa shape index (κ2) is 31.1. The maximum atomic E-state index is 13.8. The van der Waals surface area contributed by atoms with Crippen molar-refractivity contribution in [1.29, 1.82) is 0 Å². The van der Waals surface area contributed by atoms with Crippen molar-refractivity contribution in [2.75, 3.05) is 38.0 Å². The number of unbranched alkanes of at least 4 members (excludes halogenated alkanes) is 2. The zero-order chi connectivity index (χ0) is 56.8. The molecule has 0 amide bonds. The molecule has 80 heavy (non-hydrogen) atoms. The Kier molecular flexibility index (Phi) is 23.6. The zero-order valence-corrected chi connectivity index (χ0v) is 46.6. The average molecular weight is 1130 g/mol. The van der Waals surface area contributed by atoms with Gasteiger partial charge in [-0.25, -0.2) is 19.6 Å². The summed E-state index contributed by atoms with van der Waals surface area (Å²) < 4.78 is 45.6. The van der Waals surface area contributed by atoms with E-state index in [0.29, 0.717) is 146 Å². The number of hydrogen-bond acceptors (Lipinski definition) is 20. The van der Waals surface area contributed by atoms with Gasteiger partial charge in [-0.2, -0.15) is 5.10 Å². The van der Waals surface area contributed by atoms with Crippen LogP contribution in [0.1, 0.15) is 141 Å². The molecule has 4 saturated carbocycles. The van der Waals surface area contributed by atoms with E-state index >= 15 is 0 Å². The summed E-state index contributed by atoms with van der Waals surface area (Å²) in [6.07, 6.45) is 13.5. The van der Waals surface area contributed by atoms with Crippen molar-refractivity contribution in [2.45, 2.75) is 148 Å². The minimum Gasteiger partial charge on any atom is -0.465 e. The fraction of sp³-hybridized carbons (Fsp3) is 0.567. The van der Waals surface area contributed by atoms with E-state index in [0.717, 1.165) is 22.4 Å². The molecule has 3 aromatic rings. The highest BCUT2D eigenvalue weighted by Gasteiger charge is 2.37. The molecule has 20 heteroatoms. The van der Waals surface area contributed by atoms with E-state index in [1.807, 2.05) is 31.2 Å². The summed E-state index contributed by atoms with van der Waals surface area (Å²) in [5.74, 6) is -4.68. The molecule has 432 valence electrons. The van der Waals surface area contributed by atoms with Gasteiger partial charge in [0.05, 0.1) is 78.4 Å². The molecule has 0 atom stereocenters. The second-order valence-electron chi connectivity index (χ2n) is 20.9. The maximum absolute atomic E-state index is 13.8.